The lowest BCUT2D eigenvalue weighted by Gasteiger charge is -2.11. The Bertz CT molecular complexity index is 535. The third kappa shape index (κ3) is 4.16. The highest BCUT2D eigenvalue weighted by Gasteiger charge is 2.13. The van der Waals surface area contributed by atoms with Crippen LogP contribution in [0.5, 0.6) is 0 Å². The van der Waals surface area contributed by atoms with Crippen LogP contribution in [0.4, 0.5) is 0 Å². The molecule has 0 saturated carbocycles. The summed E-state index contributed by atoms with van der Waals surface area (Å²) in [7, 11) is 0. The number of thiazole rings is 1. The van der Waals surface area contributed by atoms with Gasteiger partial charge in [-0.15, -0.1) is 11.3 Å². The first-order chi connectivity index (χ1) is 9.69. The van der Waals surface area contributed by atoms with Crippen LogP contribution < -0.4 is 5.32 Å². The monoisotopic (exact) mass is 292 g/mol. The SMILES string of the molecule is CCc1csc(CCNC(=O)[C@@H](C)Cn2cccn2)n1. The molecular formula is C14H20N4OS. The first-order valence-electron chi connectivity index (χ1n) is 6.87. The fourth-order valence-corrected chi connectivity index (χ4v) is 2.75. The molecule has 0 radical (unpaired) electrons. The standard InChI is InChI=1S/C14H20N4OS/c1-3-12-10-20-13(17-12)5-7-15-14(19)11(2)9-18-8-4-6-16-18/h4,6,8,10-11H,3,5,7,9H2,1-2H3,(H,15,19)/t11-/m0/s1. The van der Waals surface area contributed by atoms with E-state index in [1.807, 2.05) is 19.2 Å². The zero-order valence-electron chi connectivity index (χ0n) is 11.9. The quantitative estimate of drug-likeness (QED) is 0.848. The van der Waals surface area contributed by atoms with Gasteiger partial charge in [-0.2, -0.15) is 5.10 Å². The molecule has 1 amide bonds. The van der Waals surface area contributed by atoms with Crippen LogP contribution in [0, 0.1) is 5.92 Å². The Morgan fingerprint density at radius 3 is 3.05 bits per heavy atom. The first-order valence-corrected chi connectivity index (χ1v) is 7.75. The van der Waals surface area contributed by atoms with Crippen LogP contribution >= 0.6 is 11.3 Å². The van der Waals surface area contributed by atoms with Crippen LogP contribution in [0.25, 0.3) is 0 Å². The lowest BCUT2D eigenvalue weighted by atomic mass is 10.1. The fourth-order valence-electron chi connectivity index (χ4n) is 1.86. The number of carbonyl (C=O) groups excluding carboxylic acids is 1. The van der Waals surface area contributed by atoms with Crippen molar-refractivity contribution in [3.63, 3.8) is 0 Å². The average molecular weight is 292 g/mol. The summed E-state index contributed by atoms with van der Waals surface area (Å²) in [6.07, 6.45) is 5.35. The van der Waals surface area contributed by atoms with Crippen molar-refractivity contribution in [2.45, 2.75) is 33.2 Å². The van der Waals surface area contributed by atoms with Crippen molar-refractivity contribution in [1.29, 1.82) is 0 Å². The smallest absolute Gasteiger partial charge is 0.224 e. The molecule has 0 aliphatic heterocycles. The van der Waals surface area contributed by atoms with Gasteiger partial charge in [-0.3, -0.25) is 9.48 Å². The Kier molecular flexibility index (Phi) is 5.29. The number of amides is 1. The van der Waals surface area contributed by atoms with E-state index in [-0.39, 0.29) is 11.8 Å². The largest absolute Gasteiger partial charge is 0.355 e. The van der Waals surface area contributed by atoms with E-state index in [1.54, 1.807) is 22.2 Å². The van der Waals surface area contributed by atoms with Gasteiger partial charge in [-0.25, -0.2) is 4.98 Å². The molecule has 5 nitrogen and oxygen atoms in total. The van der Waals surface area contributed by atoms with Gasteiger partial charge >= 0.3 is 0 Å². The molecule has 0 saturated heterocycles. The summed E-state index contributed by atoms with van der Waals surface area (Å²) >= 11 is 1.66. The number of aromatic nitrogens is 3. The second kappa shape index (κ2) is 7.19. The van der Waals surface area contributed by atoms with Crippen molar-refractivity contribution < 1.29 is 4.79 Å². The normalized spacial score (nSPS) is 12.3. The topological polar surface area (TPSA) is 59.8 Å². The number of hydrogen-bond acceptors (Lipinski definition) is 4. The van der Waals surface area contributed by atoms with Gasteiger partial charge in [-0.05, 0) is 12.5 Å². The molecule has 1 N–H and O–H groups in total. The van der Waals surface area contributed by atoms with Gasteiger partial charge < -0.3 is 5.32 Å². The van der Waals surface area contributed by atoms with Gasteiger partial charge in [0.15, 0.2) is 0 Å². The van der Waals surface area contributed by atoms with Crippen LogP contribution in [0.15, 0.2) is 23.8 Å². The first kappa shape index (κ1) is 14.7. The van der Waals surface area contributed by atoms with E-state index in [4.69, 9.17) is 0 Å². The maximum atomic E-state index is 12.0. The molecule has 0 bridgehead atoms. The summed E-state index contributed by atoms with van der Waals surface area (Å²) in [6, 6.07) is 1.86. The number of aryl methyl sites for hydroxylation is 1. The molecule has 2 aromatic rings. The van der Waals surface area contributed by atoms with Gasteiger partial charge in [0.1, 0.15) is 0 Å². The van der Waals surface area contributed by atoms with Gasteiger partial charge in [0, 0.05) is 30.7 Å². The number of hydrogen-bond donors (Lipinski definition) is 1. The second-order valence-corrected chi connectivity index (χ2v) is 5.70. The van der Waals surface area contributed by atoms with Crippen molar-refractivity contribution in [1.82, 2.24) is 20.1 Å². The van der Waals surface area contributed by atoms with E-state index < -0.39 is 0 Å². The summed E-state index contributed by atoms with van der Waals surface area (Å²) in [5.74, 6) is -0.0230. The Balaban J connectivity index is 1.71. The van der Waals surface area contributed by atoms with Gasteiger partial charge in [0.05, 0.1) is 23.2 Å². The van der Waals surface area contributed by atoms with Crippen molar-refractivity contribution in [3.05, 3.63) is 34.5 Å². The maximum absolute atomic E-state index is 12.0. The van der Waals surface area contributed by atoms with E-state index in [0.29, 0.717) is 13.1 Å². The van der Waals surface area contributed by atoms with Crippen LogP contribution in [0.1, 0.15) is 24.5 Å². The molecule has 0 unspecified atom stereocenters. The third-order valence-corrected chi connectivity index (χ3v) is 4.02. The molecule has 6 heteroatoms. The molecule has 2 aromatic heterocycles. The summed E-state index contributed by atoms with van der Waals surface area (Å²) in [4.78, 5) is 16.4. The highest BCUT2D eigenvalue weighted by Crippen LogP contribution is 2.10. The number of carbonyl (C=O) groups is 1. The van der Waals surface area contributed by atoms with Crippen molar-refractivity contribution >= 4 is 17.2 Å². The van der Waals surface area contributed by atoms with Crippen LogP contribution in [-0.4, -0.2) is 27.2 Å². The predicted octanol–water partition coefficient (Wildman–Crippen LogP) is 1.90. The van der Waals surface area contributed by atoms with Gasteiger partial charge in [0.25, 0.3) is 0 Å². The molecular weight excluding hydrogens is 272 g/mol. The predicted molar refractivity (Wildman–Crippen MR) is 79.6 cm³/mol. The number of nitrogens with zero attached hydrogens (tertiary/aromatic N) is 3. The highest BCUT2D eigenvalue weighted by atomic mass is 32.1. The summed E-state index contributed by atoms with van der Waals surface area (Å²) < 4.78 is 1.78. The van der Waals surface area contributed by atoms with Crippen molar-refractivity contribution in [3.8, 4) is 0 Å². The molecule has 1 atom stereocenters. The lowest BCUT2D eigenvalue weighted by molar-refractivity contribution is -0.124. The molecule has 0 fully saturated rings. The van der Waals surface area contributed by atoms with E-state index >= 15 is 0 Å². The number of rotatable bonds is 7. The molecule has 0 spiro atoms. The Morgan fingerprint density at radius 1 is 1.55 bits per heavy atom. The fraction of sp³-hybridized carbons (Fsp3) is 0.500. The Morgan fingerprint density at radius 2 is 2.40 bits per heavy atom. The minimum Gasteiger partial charge on any atom is -0.355 e. The van der Waals surface area contributed by atoms with Crippen molar-refractivity contribution in [2.24, 2.45) is 5.92 Å². The van der Waals surface area contributed by atoms with Crippen LogP contribution in [0.3, 0.4) is 0 Å². The van der Waals surface area contributed by atoms with Crippen LogP contribution in [-0.2, 0) is 24.2 Å². The van der Waals surface area contributed by atoms with E-state index in [0.717, 1.165) is 23.5 Å². The molecule has 2 rings (SSSR count). The molecule has 0 aliphatic rings. The molecule has 108 valence electrons. The molecule has 0 aromatic carbocycles. The highest BCUT2D eigenvalue weighted by molar-refractivity contribution is 7.09. The lowest BCUT2D eigenvalue weighted by Crippen LogP contribution is -2.33. The minimum absolute atomic E-state index is 0.0628. The minimum atomic E-state index is -0.0857. The number of nitrogens with one attached hydrogen (secondary N) is 1. The van der Waals surface area contributed by atoms with Crippen molar-refractivity contribution in [2.75, 3.05) is 6.54 Å². The van der Waals surface area contributed by atoms with Gasteiger partial charge in [0.2, 0.25) is 5.91 Å². The third-order valence-electron chi connectivity index (χ3n) is 3.07. The summed E-state index contributed by atoms with van der Waals surface area (Å²) in [5, 5.41) is 10.2. The van der Waals surface area contributed by atoms with Crippen LogP contribution in [0.2, 0.25) is 0 Å². The van der Waals surface area contributed by atoms with E-state index in [9.17, 15) is 4.79 Å². The summed E-state index contributed by atoms with van der Waals surface area (Å²) in [6.45, 7) is 5.25. The molecule has 0 aliphatic carbocycles. The Hall–Kier alpha value is -1.69. The molecule has 20 heavy (non-hydrogen) atoms. The Labute approximate surface area is 123 Å². The van der Waals surface area contributed by atoms with E-state index in [2.05, 4.69) is 27.7 Å². The second-order valence-electron chi connectivity index (χ2n) is 4.76. The average Bonchev–Trinajstić information content (AvgIpc) is 3.09. The maximum Gasteiger partial charge on any atom is 0.224 e. The summed E-state index contributed by atoms with van der Waals surface area (Å²) in [5.41, 5.74) is 1.13. The molecule has 2 heterocycles. The zero-order valence-corrected chi connectivity index (χ0v) is 12.7. The van der Waals surface area contributed by atoms with Gasteiger partial charge in [-0.1, -0.05) is 13.8 Å². The van der Waals surface area contributed by atoms with E-state index in [1.165, 1.54) is 0 Å². The zero-order chi connectivity index (χ0) is 14.4.